The Morgan fingerprint density at radius 2 is 1.48 bits per heavy atom. The van der Waals surface area contributed by atoms with Crippen LogP contribution in [-0.4, -0.2) is 24.9 Å². The van der Waals surface area contributed by atoms with Gasteiger partial charge in [0.15, 0.2) is 0 Å². The van der Waals surface area contributed by atoms with E-state index < -0.39 is 0 Å². The molecule has 0 radical (unpaired) electrons. The van der Waals surface area contributed by atoms with Crippen LogP contribution in [0.1, 0.15) is 25.8 Å². The molecule has 0 spiro atoms. The molecule has 2 aromatic rings. The van der Waals surface area contributed by atoms with E-state index in [1.807, 2.05) is 67.3 Å². The number of hydrogen-bond donors (Lipinski definition) is 2. The summed E-state index contributed by atoms with van der Waals surface area (Å²) < 4.78 is 0. The zero-order valence-electron chi connectivity index (χ0n) is 15.0. The van der Waals surface area contributed by atoms with Crippen LogP contribution >= 0.6 is 0 Å². The summed E-state index contributed by atoms with van der Waals surface area (Å²) in [6.07, 6.45) is 0.415. The summed E-state index contributed by atoms with van der Waals surface area (Å²) in [7, 11) is 0. The lowest BCUT2D eigenvalue weighted by molar-refractivity contribution is -0.116. The number of anilines is 3. The van der Waals surface area contributed by atoms with Crippen LogP contribution in [0, 0.1) is 6.92 Å². The number of hydrogen-bond acceptors (Lipinski definition) is 3. The first-order chi connectivity index (χ1) is 12.0. The zero-order chi connectivity index (χ0) is 18.2. The molecule has 0 fully saturated rings. The standard InChI is InChI=1S/C20H25N3O2/c1-4-19(24)21-17-12-9-13-18(15(17)3)22-20(25)14-23(5-2)16-10-7-6-8-11-16/h6-13H,4-5,14H2,1-3H3,(H,21,24)(H,22,25). The van der Waals surface area contributed by atoms with E-state index in [1.165, 1.54) is 0 Å². The number of nitrogens with one attached hydrogen (secondary N) is 2. The molecule has 132 valence electrons. The van der Waals surface area contributed by atoms with E-state index in [9.17, 15) is 9.59 Å². The molecule has 5 nitrogen and oxygen atoms in total. The van der Waals surface area contributed by atoms with Crippen LogP contribution in [0.25, 0.3) is 0 Å². The summed E-state index contributed by atoms with van der Waals surface area (Å²) in [4.78, 5) is 26.1. The molecule has 0 heterocycles. The number of carbonyl (C=O) groups excluding carboxylic acids is 2. The molecule has 5 heteroatoms. The molecule has 2 amide bonds. The molecule has 0 aliphatic heterocycles. The van der Waals surface area contributed by atoms with Crippen LogP contribution in [0.3, 0.4) is 0 Å². The molecule has 25 heavy (non-hydrogen) atoms. The number of para-hydroxylation sites is 1. The minimum absolute atomic E-state index is 0.0483. The van der Waals surface area contributed by atoms with Gasteiger partial charge in [0.25, 0.3) is 0 Å². The lowest BCUT2D eigenvalue weighted by Crippen LogP contribution is -2.33. The average Bonchev–Trinajstić information content (AvgIpc) is 2.63. The normalized spacial score (nSPS) is 10.2. The molecule has 0 bridgehead atoms. The number of nitrogens with zero attached hydrogens (tertiary/aromatic N) is 1. The highest BCUT2D eigenvalue weighted by Crippen LogP contribution is 2.23. The largest absolute Gasteiger partial charge is 0.362 e. The molecule has 0 aromatic heterocycles. The Labute approximate surface area is 149 Å². The van der Waals surface area contributed by atoms with Crippen molar-refractivity contribution in [1.82, 2.24) is 0 Å². The van der Waals surface area contributed by atoms with Gasteiger partial charge in [-0.2, -0.15) is 0 Å². The molecular weight excluding hydrogens is 314 g/mol. The zero-order valence-corrected chi connectivity index (χ0v) is 15.0. The van der Waals surface area contributed by atoms with E-state index in [1.54, 1.807) is 6.92 Å². The maximum Gasteiger partial charge on any atom is 0.243 e. The van der Waals surface area contributed by atoms with Gasteiger partial charge in [0.05, 0.1) is 6.54 Å². The maximum absolute atomic E-state index is 12.5. The lowest BCUT2D eigenvalue weighted by atomic mass is 10.1. The van der Waals surface area contributed by atoms with Gasteiger partial charge in [-0.15, -0.1) is 0 Å². The van der Waals surface area contributed by atoms with Crippen molar-refractivity contribution in [2.75, 3.05) is 28.6 Å². The van der Waals surface area contributed by atoms with E-state index in [4.69, 9.17) is 0 Å². The van der Waals surface area contributed by atoms with Crippen LogP contribution in [-0.2, 0) is 9.59 Å². The number of amides is 2. The summed E-state index contributed by atoms with van der Waals surface area (Å²) in [5.41, 5.74) is 3.30. The molecule has 0 atom stereocenters. The minimum atomic E-state index is -0.0900. The number of rotatable bonds is 7. The quantitative estimate of drug-likeness (QED) is 0.806. The van der Waals surface area contributed by atoms with Crippen molar-refractivity contribution in [3.63, 3.8) is 0 Å². The molecule has 0 aliphatic carbocycles. The van der Waals surface area contributed by atoms with Gasteiger partial charge in [-0.05, 0) is 43.7 Å². The summed E-state index contributed by atoms with van der Waals surface area (Å²) in [5, 5.41) is 5.80. The van der Waals surface area contributed by atoms with Gasteiger partial charge in [-0.3, -0.25) is 9.59 Å². The van der Waals surface area contributed by atoms with Gasteiger partial charge >= 0.3 is 0 Å². The minimum Gasteiger partial charge on any atom is -0.362 e. The first-order valence-electron chi connectivity index (χ1n) is 8.54. The van der Waals surface area contributed by atoms with Crippen molar-refractivity contribution in [2.24, 2.45) is 0 Å². The smallest absolute Gasteiger partial charge is 0.243 e. The first kappa shape index (κ1) is 18.5. The van der Waals surface area contributed by atoms with Gasteiger partial charge in [0.2, 0.25) is 11.8 Å². The third-order valence-electron chi connectivity index (χ3n) is 4.04. The van der Waals surface area contributed by atoms with Gasteiger partial charge in [-0.1, -0.05) is 31.2 Å². The maximum atomic E-state index is 12.5. The number of carbonyl (C=O) groups is 2. The van der Waals surface area contributed by atoms with Crippen molar-refractivity contribution in [3.8, 4) is 0 Å². The summed E-state index contributed by atoms with van der Waals surface area (Å²) >= 11 is 0. The van der Waals surface area contributed by atoms with Gasteiger partial charge in [0.1, 0.15) is 0 Å². The number of likely N-dealkylation sites (N-methyl/N-ethyl adjacent to an activating group) is 1. The topological polar surface area (TPSA) is 61.4 Å². The highest BCUT2D eigenvalue weighted by Gasteiger charge is 2.12. The fourth-order valence-electron chi connectivity index (χ4n) is 2.53. The lowest BCUT2D eigenvalue weighted by Gasteiger charge is -2.23. The summed E-state index contributed by atoms with van der Waals surface area (Å²) in [5.74, 6) is -0.138. The summed E-state index contributed by atoms with van der Waals surface area (Å²) in [6, 6.07) is 15.3. The highest BCUT2D eigenvalue weighted by atomic mass is 16.2. The third kappa shape index (κ3) is 5.08. The Morgan fingerprint density at radius 1 is 0.880 bits per heavy atom. The Hall–Kier alpha value is -2.82. The Kier molecular flexibility index (Phi) is 6.57. The Balaban J connectivity index is 2.07. The predicted octanol–water partition coefficient (Wildman–Crippen LogP) is 3.81. The molecule has 0 aliphatic rings. The monoisotopic (exact) mass is 339 g/mol. The average molecular weight is 339 g/mol. The second kappa shape index (κ2) is 8.87. The second-order valence-corrected chi connectivity index (χ2v) is 5.78. The van der Waals surface area contributed by atoms with Crippen molar-refractivity contribution in [1.29, 1.82) is 0 Å². The van der Waals surface area contributed by atoms with Crippen LogP contribution in [0.5, 0.6) is 0 Å². The SMILES string of the molecule is CCC(=O)Nc1cccc(NC(=O)CN(CC)c2ccccc2)c1C. The van der Waals surface area contributed by atoms with Crippen LogP contribution < -0.4 is 15.5 Å². The fourth-order valence-corrected chi connectivity index (χ4v) is 2.53. The van der Waals surface area contributed by atoms with Gasteiger partial charge < -0.3 is 15.5 Å². The van der Waals surface area contributed by atoms with E-state index in [2.05, 4.69) is 10.6 Å². The van der Waals surface area contributed by atoms with E-state index in [-0.39, 0.29) is 18.4 Å². The van der Waals surface area contributed by atoms with E-state index >= 15 is 0 Å². The molecular formula is C20H25N3O2. The van der Waals surface area contributed by atoms with Gasteiger partial charge in [-0.25, -0.2) is 0 Å². The highest BCUT2D eigenvalue weighted by molar-refractivity contribution is 5.97. The molecule has 2 N–H and O–H groups in total. The molecule has 0 saturated heterocycles. The number of benzene rings is 2. The van der Waals surface area contributed by atoms with Crippen LogP contribution in [0.15, 0.2) is 48.5 Å². The van der Waals surface area contributed by atoms with Crippen molar-refractivity contribution in [3.05, 3.63) is 54.1 Å². The van der Waals surface area contributed by atoms with Crippen LogP contribution in [0.4, 0.5) is 17.1 Å². The molecule has 0 unspecified atom stereocenters. The third-order valence-corrected chi connectivity index (χ3v) is 4.04. The fraction of sp³-hybridized carbons (Fsp3) is 0.300. The van der Waals surface area contributed by atoms with Crippen LogP contribution in [0.2, 0.25) is 0 Å². The molecule has 2 aromatic carbocycles. The Morgan fingerprint density at radius 3 is 2.04 bits per heavy atom. The van der Waals surface area contributed by atoms with E-state index in [0.29, 0.717) is 12.1 Å². The van der Waals surface area contributed by atoms with Crippen molar-refractivity contribution in [2.45, 2.75) is 27.2 Å². The second-order valence-electron chi connectivity index (χ2n) is 5.78. The summed E-state index contributed by atoms with van der Waals surface area (Å²) in [6.45, 7) is 6.72. The van der Waals surface area contributed by atoms with Crippen molar-refractivity contribution >= 4 is 28.9 Å². The van der Waals surface area contributed by atoms with Gasteiger partial charge in [0, 0.05) is 30.0 Å². The molecule has 0 saturated carbocycles. The first-order valence-corrected chi connectivity index (χ1v) is 8.54. The predicted molar refractivity (Wildman–Crippen MR) is 103 cm³/mol. The Bertz CT molecular complexity index is 729. The van der Waals surface area contributed by atoms with E-state index in [0.717, 1.165) is 23.5 Å². The molecule has 2 rings (SSSR count). The van der Waals surface area contributed by atoms with Crippen molar-refractivity contribution < 1.29 is 9.59 Å².